The zero-order chi connectivity index (χ0) is 63.2. The summed E-state index contributed by atoms with van der Waals surface area (Å²) in [5.41, 5.74) is 17.0. The van der Waals surface area contributed by atoms with Crippen LogP contribution < -0.4 is 86.3 Å². The fourth-order valence-corrected chi connectivity index (χ4v) is 12.1. The van der Waals surface area contributed by atoms with Crippen LogP contribution in [0.25, 0.3) is 60.9 Å². The molecule has 2 unspecified atom stereocenters. The molecule has 4 aliphatic carbocycles. The van der Waals surface area contributed by atoms with Crippen LogP contribution >= 0.6 is 0 Å². The number of aliphatic hydroxyl groups is 2. The second-order valence-electron chi connectivity index (χ2n) is 23.4. The number of Topliss-reactive ketones (excluding diaryl/α,β-unsaturated/α-hetero) is 2. The third-order valence-corrected chi connectivity index (χ3v) is 17.5. The van der Waals surface area contributed by atoms with Crippen LogP contribution in [-0.4, -0.2) is 172 Å². The summed E-state index contributed by atoms with van der Waals surface area (Å²) < 4.78 is 21.4. The molecule has 17 rings (SSSR count). The van der Waals surface area contributed by atoms with E-state index >= 15 is 0 Å². The quantitative estimate of drug-likeness (QED) is 0.0809. The van der Waals surface area contributed by atoms with Crippen molar-refractivity contribution in [1.29, 1.82) is 5.26 Å². The maximum atomic E-state index is 11.2. The number of hydrogen-bond acceptors (Lipinski definition) is 16. The number of fused-ring (bicyclic) bond motifs is 4. The van der Waals surface area contributed by atoms with E-state index in [1.165, 1.54) is 112 Å². The van der Waals surface area contributed by atoms with E-state index in [1.807, 2.05) is 73.3 Å². The van der Waals surface area contributed by atoms with Crippen molar-refractivity contribution in [3.05, 3.63) is 146 Å². The molecule has 5 saturated heterocycles. The summed E-state index contributed by atoms with van der Waals surface area (Å²) in [6.07, 6.45) is 40.9. The summed E-state index contributed by atoms with van der Waals surface area (Å²) in [4.78, 5) is 55.1. The summed E-state index contributed by atoms with van der Waals surface area (Å²) in [5.74, 6) is 0.305. The summed E-state index contributed by atoms with van der Waals surface area (Å²) in [5, 5.41) is 23.9. The molecule has 2 spiro atoms. The van der Waals surface area contributed by atoms with E-state index in [1.54, 1.807) is 19.3 Å². The van der Waals surface area contributed by atoms with E-state index in [-0.39, 0.29) is 107 Å². The largest absolute Gasteiger partial charge is 1.00 e. The number of nitrogens with one attached hydrogen (secondary N) is 5. The minimum absolute atomic E-state index is 0. The molecule has 1 saturated carbocycles. The molecule has 13 heterocycles. The van der Waals surface area contributed by atoms with Gasteiger partial charge in [0.2, 0.25) is 0 Å². The Labute approximate surface area is 620 Å². The van der Waals surface area contributed by atoms with Crippen LogP contribution in [0.3, 0.4) is 0 Å². The molecule has 94 heavy (non-hydrogen) atoms. The number of aromatic amines is 4. The van der Waals surface area contributed by atoms with Crippen molar-refractivity contribution in [1.82, 2.24) is 50.1 Å². The van der Waals surface area contributed by atoms with Gasteiger partial charge in [-0.25, -0.2) is 0 Å². The molecular formula is C71H93BKN11NaO9. The maximum absolute atomic E-state index is 11.2. The van der Waals surface area contributed by atoms with Gasteiger partial charge in [-0.2, -0.15) is 0 Å². The van der Waals surface area contributed by atoms with E-state index in [4.69, 9.17) is 41.0 Å². The summed E-state index contributed by atoms with van der Waals surface area (Å²) >= 11 is 0. The van der Waals surface area contributed by atoms with Crippen LogP contribution in [0.5, 0.6) is 0 Å². The van der Waals surface area contributed by atoms with Crippen molar-refractivity contribution in [2.24, 2.45) is 5.41 Å². The second-order valence-corrected chi connectivity index (χ2v) is 23.4. The summed E-state index contributed by atoms with van der Waals surface area (Å²) in [6, 6.07) is 18.7. The van der Waals surface area contributed by atoms with E-state index < -0.39 is 0 Å². The van der Waals surface area contributed by atoms with Gasteiger partial charge in [-0.05, 0) is 187 Å². The van der Waals surface area contributed by atoms with Gasteiger partial charge in [-0.3, -0.25) is 34.4 Å². The third kappa shape index (κ3) is 23.7. The number of ketones is 2. The normalized spacial score (nSPS) is 20.2. The number of ether oxygens (including phenoxy) is 4. The van der Waals surface area contributed by atoms with Crippen LogP contribution in [0.15, 0.2) is 122 Å². The molecule has 6 fully saturated rings. The fourth-order valence-electron chi connectivity index (χ4n) is 12.1. The molecule has 8 aromatic heterocycles. The van der Waals surface area contributed by atoms with Crippen LogP contribution in [0.1, 0.15) is 139 Å². The number of pyridine rings is 4. The minimum atomic E-state index is -0.367. The molecule has 9 aliphatic rings. The SMILES string of the molecule is C1=C(c2c[nH]c3cccnc23)CCC(N2CCC2)C1.C1=C(c2c[nH]c3cccnc23)CCC2(C1)CCOC2.C1CCOC1.C1CNC1.CCO.CO.O=C1CC=C(c2c[nH]c3cccnc23)CC1.O=C1CCC2(CC1)OCCO2.[B].[C-]#N.[K+].[Na+].[OH-].c1cnc2cc[nH]c2c1. The Morgan fingerprint density at radius 3 is 1.52 bits per heavy atom. The van der Waals surface area contributed by atoms with Crippen molar-refractivity contribution in [3.63, 3.8) is 0 Å². The number of carbonyl (C=O) groups excluding carboxylic acids is 2. The maximum Gasteiger partial charge on any atom is 1.00 e. The molecule has 3 radical (unpaired) electrons. The number of H-pyrrole nitrogens is 4. The Balaban J connectivity index is 0.000000237. The van der Waals surface area contributed by atoms with Gasteiger partial charge in [0.25, 0.3) is 0 Å². The Bertz CT molecular complexity index is 3530. The molecule has 0 aromatic carbocycles. The first-order chi connectivity index (χ1) is 44.3. The van der Waals surface area contributed by atoms with Gasteiger partial charge >= 0.3 is 80.9 Å². The molecule has 5 aliphatic heterocycles. The van der Waals surface area contributed by atoms with E-state index in [0.29, 0.717) is 55.9 Å². The number of hydrogen-bond donors (Lipinski definition) is 7. The molecular weight excluding hydrogens is 1220 g/mol. The molecule has 23 heteroatoms. The van der Waals surface area contributed by atoms with Gasteiger partial charge in [0.1, 0.15) is 11.6 Å². The average molecular weight is 1320 g/mol. The van der Waals surface area contributed by atoms with Crippen molar-refractivity contribution in [2.45, 2.75) is 134 Å². The zero-order valence-corrected chi connectivity index (χ0v) is 60.8. The van der Waals surface area contributed by atoms with Gasteiger partial charge in [-0.1, -0.05) is 18.2 Å². The number of rotatable bonds is 4. The zero-order valence-electron chi connectivity index (χ0n) is 55.7. The van der Waals surface area contributed by atoms with Gasteiger partial charge in [0, 0.05) is 153 Å². The number of nitrogens with zero attached hydrogens (tertiary/aromatic N) is 6. The molecule has 2 atom stereocenters. The second kappa shape index (κ2) is 44.1. The fraction of sp³-hybridized carbons (Fsp3) is 0.479. The minimum Gasteiger partial charge on any atom is -0.870 e. The van der Waals surface area contributed by atoms with Crippen LogP contribution in [0.2, 0.25) is 0 Å². The number of aliphatic hydroxyl groups excluding tert-OH is 2. The first-order valence-electron chi connectivity index (χ1n) is 32.2. The Morgan fingerprint density at radius 2 is 1.12 bits per heavy atom. The molecule has 0 bridgehead atoms. The van der Waals surface area contributed by atoms with Gasteiger partial charge < -0.3 is 71.7 Å². The first kappa shape index (κ1) is 81.6. The predicted octanol–water partition coefficient (Wildman–Crippen LogP) is 5.81. The molecule has 20 nitrogen and oxygen atoms in total. The summed E-state index contributed by atoms with van der Waals surface area (Å²) in [7, 11) is 1.00. The van der Waals surface area contributed by atoms with Crippen molar-refractivity contribution >= 4 is 80.8 Å². The number of allylic oxidation sites excluding steroid dienone is 5. The average Bonchev–Trinajstić information content (AvgIpc) is 1.65. The van der Waals surface area contributed by atoms with E-state index in [2.05, 4.69) is 86.8 Å². The van der Waals surface area contributed by atoms with Crippen molar-refractivity contribution in [2.75, 3.05) is 79.5 Å². The van der Waals surface area contributed by atoms with Gasteiger partial charge in [0.15, 0.2) is 5.79 Å². The first-order valence-corrected chi connectivity index (χ1v) is 32.2. The van der Waals surface area contributed by atoms with Crippen LogP contribution in [-0.2, 0) is 28.5 Å². The molecule has 8 aromatic rings. The van der Waals surface area contributed by atoms with E-state index in [9.17, 15) is 9.59 Å². The predicted molar refractivity (Wildman–Crippen MR) is 362 cm³/mol. The Kier molecular flexibility index (Phi) is 38.3. The summed E-state index contributed by atoms with van der Waals surface area (Å²) in [6.45, 7) is 17.1. The van der Waals surface area contributed by atoms with Crippen LogP contribution in [0, 0.1) is 17.2 Å². The topological polar surface area (TPSA) is 295 Å². The van der Waals surface area contributed by atoms with E-state index in [0.717, 1.165) is 121 Å². The smallest absolute Gasteiger partial charge is 0.870 e. The third-order valence-electron chi connectivity index (χ3n) is 17.5. The standard InChI is InChI=1S/C16H19N3.C16H18N2O.C13H12N2O.C8H12O3.C7H6N2.C4H8O.C3H7N.C2H6O.CN.CH4O.B.K.Na.H2O/c1-3-15-16(17-8-1)14(11-18-15)12-4-6-13(7-5-12)19-9-2-10-19;1-2-14-15(17-8-1)13(10-18-14)12-3-5-16(6-4-12)7-9-19-11-16;16-10-5-3-9(4-6-10)11-8-15-12-2-1-7-14-13(11)12;9-7-1-3-8(4-2-7)10-5-6-11-8;1-2-6-7(8-4-1)3-5-9-6;1-2-4-5-3-1;1-2-4-3-1;1-2-3;2*1-2;;;;/h1,3-4,8,11,13,18H,2,5-7,9-10H2;1-3,8,10,18H,4-7,9,11H2;1-3,7-8,15H,4-6H2;1-6H2;1-5,9H;1-4H2;4H,1-3H2;3H,2H2,1H3;;2H,1H3;;;;1H2/q;;;;;;;;-1;;;2*+1;/p-1. The van der Waals surface area contributed by atoms with Gasteiger partial charge in [-0.15, -0.1) is 0 Å². The number of likely N-dealkylation sites (tertiary alicyclic amines) is 1. The van der Waals surface area contributed by atoms with Crippen LogP contribution in [0.4, 0.5) is 0 Å². The molecule has 8 N–H and O–H groups in total. The number of aromatic nitrogens is 8. The Morgan fingerprint density at radius 1 is 0.606 bits per heavy atom. The van der Waals surface area contributed by atoms with Crippen molar-refractivity contribution < 1.29 is 125 Å². The number of carbonyl (C=O) groups is 2. The molecule has 0 amide bonds. The molecule has 491 valence electrons. The monoisotopic (exact) mass is 1320 g/mol. The van der Waals surface area contributed by atoms with Gasteiger partial charge in [0.05, 0.1) is 64.0 Å². The Hall–Kier alpha value is -4.85. The van der Waals surface area contributed by atoms with Crippen molar-refractivity contribution in [3.8, 4) is 0 Å².